The lowest BCUT2D eigenvalue weighted by molar-refractivity contribution is -0.137. The van der Waals surface area contributed by atoms with Crippen molar-refractivity contribution in [2.45, 2.75) is 26.6 Å². The Balaban J connectivity index is 1.83. The number of nitrogens with one attached hydrogen (secondary N) is 1. The Morgan fingerprint density at radius 3 is 2.73 bits per heavy atom. The number of ether oxygens (including phenoxy) is 1. The topological polar surface area (TPSA) is 73.2 Å². The quantitative estimate of drug-likeness (QED) is 0.846. The van der Waals surface area contributed by atoms with Crippen molar-refractivity contribution in [3.8, 4) is 5.75 Å². The molecule has 1 aromatic carbocycles. The number of aryl methyl sites for hydroxylation is 1. The lowest BCUT2D eigenvalue weighted by atomic mass is 10.2. The standard InChI is InChI=1S/C17H18F3N3O3/c1-11-12(2)22-10-23(16(11)25)7-6-21-15(24)9-26-14-5-3-4-13(8-14)17(18,19)20/h3-5,8,10H,6-7,9H2,1-2H3,(H,21,24). The third-order valence-electron chi connectivity index (χ3n) is 3.72. The van der Waals surface area contributed by atoms with Crippen LogP contribution in [0.15, 0.2) is 35.4 Å². The maximum Gasteiger partial charge on any atom is 0.416 e. The van der Waals surface area contributed by atoms with Crippen LogP contribution < -0.4 is 15.6 Å². The van der Waals surface area contributed by atoms with Crippen LogP contribution >= 0.6 is 0 Å². The van der Waals surface area contributed by atoms with E-state index in [4.69, 9.17) is 4.74 Å². The van der Waals surface area contributed by atoms with Gasteiger partial charge in [-0.05, 0) is 32.0 Å². The number of nitrogens with zero attached hydrogens (tertiary/aromatic N) is 2. The van der Waals surface area contributed by atoms with Crippen LogP contribution in [-0.2, 0) is 17.5 Å². The zero-order valence-electron chi connectivity index (χ0n) is 14.3. The van der Waals surface area contributed by atoms with Crippen molar-refractivity contribution in [1.82, 2.24) is 14.9 Å². The highest BCUT2D eigenvalue weighted by Crippen LogP contribution is 2.31. The van der Waals surface area contributed by atoms with E-state index in [1.54, 1.807) is 13.8 Å². The zero-order chi connectivity index (χ0) is 19.3. The molecule has 0 aliphatic heterocycles. The van der Waals surface area contributed by atoms with Gasteiger partial charge < -0.3 is 10.1 Å². The molecule has 0 spiro atoms. The average Bonchev–Trinajstić information content (AvgIpc) is 2.59. The molecule has 1 amide bonds. The summed E-state index contributed by atoms with van der Waals surface area (Å²) in [4.78, 5) is 27.8. The summed E-state index contributed by atoms with van der Waals surface area (Å²) in [5.74, 6) is -0.559. The summed E-state index contributed by atoms with van der Waals surface area (Å²) in [5.41, 5.74) is 0.139. The monoisotopic (exact) mass is 369 g/mol. The summed E-state index contributed by atoms with van der Waals surface area (Å²) in [5, 5.41) is 2.53. The molecule has 0 aliphatic carbocycles. The van der Waals surface area contributed by atoms with Crippen molar-refractivity contribution in [3.05, 3.63) is 57.8 Å². The van der Waals surface area contributed by atoms with Crippen molar-refractivity contribution in [2.24, 2.45) is 0 Å². The summed E-state index contributed by atoms with van der Waals surface area (Å²) in [6.07, 6.45) is -3.08. The Labute approximate surface area is 147 Å². The SMILES string of the molecule is Cc1ncn(CCNC(=O)COc2cccc(C(F)(F)F)c2)c(=O)c1C. The second-order valence-corrected chi connectivity index (χ2v) is 5.62. The van der Waals surface area contributed by atoms with Gasteiger partial charge in [0.05, 0.1) is 11.9 Å². The number of rotatable bonds is 6. The average molecular weight is 369 g/mol. The van der Waals surface area contributed by atoms with E-state index in [1.165, 1.54) is 23.0 Å². The molecule has 0 unspecified atom stereocenters. The van der Waals surface area contributed by atoms with Crippen LogP contribution in [0.5, 0.6) is 5.75 Å². The van der Waals surface area contributed by atoms with Crippen LogP contribution in [0.1, 0.15) is 16.8 Å². The number of carbonyl (C=O) groups excluding carboxylic acids is 1. The highest BCUT2D eigenvalue weighted by molar-refractivity contribution is 5.77. The first-order valence-electron chi connectivity index (χ1n) is 7.78. The maximum absolute atomic E-state index is 12.6. The van der Waals surface area contributed by atoms with Crippen LogP contribution in [0, 0.1) is 13.8 Å². The van der Waals surface area contributed by atoms with Crippen molar-refractivity contribution in [1.29, 1.82) is 0 Å². The van der Waals surface area contributed by atoms with Crippen molar-refractivity contribution < 1.29 is 22.7 Å². The van der Waals surface area contributed by atoms with Gasteiger partial charge in [-0.2, -0.15) is 13.2 Å². The molecular weight excluding hydrogens is 351 g/mol. The molecular formula is C17H18F3N3O3. The van der Waals surface area contributed by atoms with Gasteiger partial charge in [-0.15, -0.1) is 0 Å². The third kappa shape index (κ3) is 5.08. The number of hydrogen-bond acceptors (Lipinski definition) is 4. The molecule has 0 saturated heterocycles. The van der Waals surface area contributed by atoms with Gasteiger partial charge in [-0.3, -0.25) is 14.2 Å². The first-order valence-corrected chi connectivity index (χ1v) is 7.78. The number of aromatic nitrogens is 2. The smallest absolute Gasteiger partial charge is 0.416 e. The molecule has 0 atom stereocenters. The normalized spacial score (nSPS) is 11.3. The first kappa shape index (κ1) is 19.5. The molecule has 0 fully saturated rings. The molecule has 9 heteroatoms. The Hall–Kier alpha value is -2.84. The Bertz CT molecular complexity index is 847. The number of halogens is 3. The molecule has 1 heterocycles. The molecule has 2 aromatic rings. The Morgan fingerprint density at radius 1 is 1.31 bits per heavy atom. The van der Waals surface area contributed by atoms with E-state index in [-0.39, 0.29) is 24.4 Å². The molecule has 6 nitrogen and oxygen atoms in total. The summed E-state index contributed by atoms with van der Waals surface area (Å²) < 4.78 is 44.3. The first-order chi connectivity index (χ1) is 12.2. The summed E-state index contributed by atoms with van der Waals surface area (Å²) in [7, 11) is 0. The van der Waals surface area contributed by atoms with Crippen LogP contribution in [0.4, 0.5) is 13.2 Å². The van der Waals surface area contributed by atoms with Crippen LogP contribution in [0.3, 0.4) is 0 Å². The predicted octanol–water partition coefficient (Wildman–Crippen LogP) is 2.07. The minimum atomic E-state index is -4.48. The Morgan fingerprint density at radius 2 is 2.04 bits per heavy atom. The van der Waals surface area contributed by atoms with Gasteiger partial charge >= 0.3 is 6.18 Å². The minimum absolute atomic E-state index is 0.0513. The molecule has 2 rings (SSSR count). The molecule has 0 aliphatic rings. The maximum atomic E-state index is 12.6. The van der Waals surface area contributed by atoms with Gasteiger partial charge in [0.15, 0.2) is 6.61 Å². The molecule has 0 radical (unpaired) electrons. The van der Waals surface area contributed by atoms with Crippen LogP contribution in [0.25, 0.3) is 0 Å². The fourth-order valence-electron chi connectivity index (χ4n) is 2.11. The van der Waals surface area contributed by atoms with Crippen LogP contribution in [-0.4, -0.2) is 28.6 Å². The molecule has 1 N–H and O–H groups in total. The lowest BCUT2D eigenvalue weighted by Gasteiger charge is -2.11. The molecule has 0 bridgehead atoms. The van der Waals surface area contributed by atoms with E-state index in [2.05, 4.69) is 10.3 Å². The zero-order valence-corrected chi connectivity index (χ0v) is 14.3. The van der Waals surface area contributed by atoms with Crippen molar-refractivity contribution in [3.63, 3.8) is 0 Å². The molecule has 0 saturated carbocycles. The van der Waals surface area contributed by atoms with Crippen LogP contribution in [0.2, 0.25) is 0 Å². The molecule has 1 aromatic heterocycles. The Kier molecular flexibility index (Phi) is 6.01. The largest absolute Gasteiger partial charge is 0.484 e. The van der Waals surface area contributed by atoms with E-state index in [0.717, 1.165) is 12.1 Å². The third-order valence-corrected chi connectivity index (χ3v) is 3.72. The second-order valence-electron chi connectivity index (χ2n) is 5.62. The number of amides is 1. The summed E-state index contributed by atoms with van der Waals surface area (Å²) in [6.45, 7) is 3.36. The minimum Gasteiger partial charge on any atom is -0.484 e. The van der Waals surface area contributed by atoms with Gasteiger partial charge in [0.1, 0.15) is 5.75 Å². The highest BCUT2D eigenvalue weighted by Gasteiger charge is 2.30. The summed E-state index contributed by atoms with van der Waals surface area (Å²) >= 11 is 0. The number of benzene rings is 1. The van der Waals surface area contributed by atoms with Gasteiger partial charge in [0.2, 0.25) is 0 Å². The van der Waals surface area contributed by atoms with Crippen molar-refractivity contribution in [2.75, 3.05) is 13.2 Å². The highest BCUT2D eigenvalue weighted by atomic mass is 19.4. The van der Waals surface area contributed by atoms with Gasteiger partial charge in [-0.25, -0.2) is 4.98 Å². The van der Waals surface area contributed by atoms with Gasteiger partial charge in [-0.1, -0.05) is 6.07 Å². The van der Waals surface area contributed by atoms with E-state index in [0.29, 0.717) is 11.3 Å². The van der Waals surface area contributed by atoms with E-state index < -0.39 is 24.3 Å². The summed E-state index contributed by atoms with van der Waals surface area (Å²) in [6, 6.07) is 4.29. The van der Waals surface area contributed by atoms with Gasteiger partial charge in [0, 0.05) is 24.3 Å². The van der Waals surface area contributed by atoms with Gasteiger partial charge in [0.25, 0.3) is 11.5 Å². The number of alkyl halides is 3. The second kappa shape index (κ2) is 8.03. The fraction of sp³-hybridized carbons (Fsp3) is 0.353. The number of hydrogen-bond donors (Lipinski definition) is 1. The number of carbonyl (C=O) groups is 1. The van der Waals surface area contributed by atoms with E-state index in [1.807, 2.05) is 0 Å². The fourth-order valence-corrected chi connectivity index (χ4v) is 2.11. The lowest BCUT2D eigenvalue weighted by Crippen LogP contribution is -2.34. The predicted molar refractivity (Wildman–Crippen MR) is 87.9 cm³/mol. The molecule has 140 valence electrons. The van der Waals surface area contributed by atoms with E-state index in [9.17, 15) is 22.8 Å². The van der Waals surface area contributed by atoms with E-state index >= 15 is 0 Å². The molecule has 26 heavy (non-hydrogen) atoms. The van der Waals surface area contributed by atoms with Crippen molar-refractivity contribution >= 4 is 5.91 Å².